The number of hydrogen-bond acceptors (Lipinski definition) is 4. The van der Waals surface area contributed by atoms with Crippen LogP contribution in [0.1, 0.15) is 16.1 Å². The third-order valence-electron chi connectivity index (χ3n) is 2.58. The Hall–Kier alpha value is -2.58. The van der Waals surface area contributed by atoms with Crippen molar-refractivity contribution in [3.8, 4) is 6.07 Å². The lowest BCUT2D eigenvalue weighted by molar-refractivity contribution is 0.102. The summed E-state index contributed by atoms with van der Waals surface area (Å²) in [7, 11) is 0. The number of benzene rings is 1. The summed E-state index contributed by atoms with van der Waals surface area (Å²) in [5, 5.41) is 11.5. The van der Waals surface area contributed by atoms with Gasteiger partial charge in [-0.05, 0) is 29.8 Å². The summed E-state index contributed by atoms with van der Waals surface area (Å²) in [6.07, 6.45) is 0.330. The average Bonchev–Trinajstić information content (AvgIpc) is 2.44. The molecular weight excluding hydrogens is 276 g/mol. The summed E-state index contributed by atoms with van der Waals surface area (Å²) in [6.45, 7) is 0. The standard InChI is InChI=1S/C14H11ClN4O/c15-11-5-6-12(17)19-13(11)14(20)18-10-3-1-9(2-4-10)7-8-16/h1-6H,7H2,(H2,17,19)(H,18,20). The van der Waals surface area contributed by atoms with Crippen molar-refractivity contribution < 1.29 is 4.79 Å². The van der Waals surface area contributed by atoms with E-state index in [4.69, 9.17) is 22.6 Å². The fourth-order valence-corrected chi connectivity index (χ4v) is 1.80. The quantitative estimate of drug-likeness (QED) is 0.907. The van der Waals surface area contributed by atoms with Crippen LogP contribution in [0.4, 0.5) is 11.5 Å². The van der Waals surface area contributed by atoms with Gasteiger partial charge in [0.15, 0.2) is 0 Å². The third kappa shape index (κ3) is 3.25. The maximum atomic E-state index is 12.0. The molecule has 0 bridgehead atoms. The summed E-state index contributed by atoms with van der Waals surface area (Å²) in [5.41, 5.74) is 7.08. The predicted molar refractivity (Wildman–Crippen MR) is 77.4 cm³/mol. The Kier molecular flexibility index (Phi) is 4.18. The molecule has 2 rings (SSSR count). The Morgan fingerprint density at radius 2 is 2.00 bits per heavy atom. The van der Waals surface area contributed by atoms with Crippen LogP contribution in [0.5, 0.6) is 0 Å². The van der Waals surface area contributed by atoms with Crippen LogP contribution in [0.3, 0.4) is 0 Å². The molecule has 0 atom stereocenters. The molecule has 0 spiro atoms. The van der Waals surface area contributed by atoms with E-state index < -0.39 is 5.91 Å². The van der Waals surface area contributed by atoms with Crippen LogP contribution in [0.2, 0.25) is 5.02 Å². The topological polar surface area (TPSA) is 91.8 Å². The zero-order chi connectivity index (χ0) is 14.5. The Morgan fingerprint density at radius 3 is 2.65 bits per heavy atom. The van der Waals surface area contributed by atoms with Crippen LogP contribution < -0.4 is 11.1 Å². The van der Waals surface area contributed by atoms with Crippen molar-refractivity contribution in [1.29, 1.82) is 5.26 Å². The monoisotopic (exact) mass is 286 g/mol. The summed E-state index contributed by atoms with van der Waals surface area (Å²) < 4.78 is 0. The van der Waals surface area contributed by atoms with Crippen LogP contribution >= 0.6 is 11.6 Å². The molecule has 1 amide bonds. The molecule has 0 saturated heterocycles. The van der Waals surface area contributed by atoms with E-state index in [2.05, 4.69) is 16.4 Å². The van der Waals surface area contributed by atoms with E-state index in [9.17, 15) is 4.79 Å². The minimum Gasteiger partial charge on any atom is -0.384 e. The van der Waals surface area contributed by atoms with Crippen molar-refractivity contribution in [1.82, 2.24) is 4.98 Å². The lowest BCUT2D eigenvalue weighted by atomic mass is 10.1. The third-order valence-corrected chi connectivity index (χ3v) is 2.88. The predicted octanol–water partition coefficient (Wildman–Crippen LogP) is 2.64. The van der Waals surface area contributed by atoms with E-state index in [1.54, 1.807) is 24.3 Å². The second-order valence-electron chi connectivity index (χ2n) is 4.05. The van der Waals surface area contributed by atoms with Gasteiger partial charge < -0.3 is 11.1 Å². The van der Waals surface area contributed by atoms with Crippen molar-refractivity contribution in [3.63, 3.8) is 0 Å². The first kappa shape index (κ1) is 13.8. The smallest absolute Gasteiger partial charge is 0.275 e. The maximum Gasteiger partial charge on any atom is 0.275 e. The highest BCUT2D eigenvalue weighted by atomic mass is 35.5. The van der Waals surface area contributed by atoms with Crippen molar-refractivity contribution in [3.05, 3.63) is 52.7 Å². The van der Waals surface area contributed by atoms with Gasteiger partial charge in [-0.25, -0.2) is 4.98 Å². The van der Waals surface area contributed by atoms with Gasteiger partial charge in [-0.1, -0.05) is 23.7 Å². The number of nitrogens with one attached hydrogen (secondary N) is 1. The molecular formula is C14H11ClN4O. The number of amides is 1. The molecule has 100 valence electrons. The largest absolute Gasteiger partial charge is 0.384 e. The molecule has 1 heterocycles. The molecule has 5 nitrogen and oxygen atoms in total. The lowest BCUT2D eigenvalue weighted by Crippen LogP contribution is -2.15. The van der Waals surface area contributed by atoms with E-state index in [1.807, 2.05) is 0 Å². The van der Waals surface area contributed by atoms with Gasteiger partial charge in [0.25, 0.3) is 5.91 Å². The molecule has 6 heteroatoms. The van der Waals surface area contributed by atoms with Crippen LogP contribution in [0, 0.1) is 11.3 Å². The molecule has 1 aromatic carbocycles. The second kappa shape index (κ2) is 6.04. The Bertz CT molecular complexity index is 677. The summed E-state index contributed by atoms with van der Waals surface area (Å²) >= 11 is 5.91. The van der Waals surface area contributed by atoms with Gasteiger partial charge in [0.2, 0.25) is 0 Å². The molecule has 0 aliphatic rings. The fraction of sp³-hybridized carbons (Fsp3) is 0.0714. The first-order chi connectivity index (χ1) is 9.60. The first-order valence-electron chi connectivity index (χ1n) is 5.79. The number of anilines is 2. The van der Waals surface area contributed by atoms with Gasteiger partial charge in [-0.3, -0.25) is 4.79 Å². The number of carbonyl (C=O) groups excluding carboxylic acids is 1. The number of hydrogen-bond donors (Lipinski definition) is 2. The number of carbonyl (C=O) groups is 1. The molecule has 3 N–H and O–H groups in total. The molecule has 0 fully saturated rings. The summed E-state index contributed by atoms with van der Waals surface area (Å²) in [5.74, 6) is -0.209. The van der Waals surface area contributed by atoms with Gasteiger partial charge in [0, 0.05) is 5.69 Å². The Morgan fingerprint density at radius 1 is 1.30 bits per heavy atom. The van der Waals surface area contributed by atoms with Crippen molar-refractivity contribution in [2.24, 2.45) is 0 Å². The highest BCUT2D eigenvalue weighted by Crippen LogP contribution is 2.17. The van der Waals surface area contributed by atoms with Gasteiger partial charge in [0.1, 0.15) is 11.5 Å². The Labute approximate surface area is 121 Å². The number of nitrogen functional groups attached to an aromatic ring is 1. The number of nitriles is 1. The minimum atomic E-state index is -0.435. The van der Waals surface area contributed by atoms with Crippen LogP contribution in [-0.2, 0) is 6.42 Å². The molecule has 0 aliphatic heterocycles. The number of halogens is 1. The number of aromatic nitrogens is 1. The number of nitrogens with zero attached hydrogens (tertiary/aromatic N) is 2. The lowest BCUT2D eigenvalue weighted by Gasteiger charge is -2.07. The molecule has 0 unspecified atom stereocenters. The van der Waals surface area contributed by atoms with E-state index in [-0.39, 0.29) is 16.5 Å². The normalized spacial score (nSPS) is 9.80. The van der Waals surface area contributed by atoms with Crippen LogP contribution in [-0.4, -0.2) is 10.9 Å². The highest BCUT2D eigenvalue weighted by molar-refractivity contribution is 6.34. The molecule has 2 aromatic rings. The van der Waals surface area contributed by atoms with E-state index in [0.29, 0.717) is 12.1 Å². The first-order valence-corrected chi connectivity index (χ1v) is 6.17. The molecule has 20 heavy (non-hydrogen) atoms. The summed E-state index contributed by atoms with van der Waals surface area (Å²) in [6, 6.07) is 12.1. The van der Waals surface area contributed by atoms with Crippen molar-refractivity contribution >= 4 is 29.0 Å². The minimum absolute atomic E-state index is 0.0766. The van der Waals surface area contributed by atoms with Crippen molar-refractivity contribution in [2.75, 3.05) is 11.1 Å². The van der Waals surface area contributed by atoms with Gasteiger partial charge >= 0.3 is 0 Å². The Balaban J connectivity index is 2.15. The summed E-state index contributed by atoms with van der Waals surface area (Å²) in [4.78, 5) is 15.9. The molecule has 0 radical (unpaired) electrons. The number of pyridine rings is 1. The van der Waals surface area contributed by atoms with Gasteiger partial charge in [-0.2, -0.15) is 5.26 Å². The zero-order valence-corrected chi connectivity index (χ0v) is 11.2. The van der Waals surface area contributed by atoms with Gasteiger partial charge in [-0.15, -0.1) is 0 Å². The van der Waals surface area contributed by atoms with Crippen LogP contribution in [0.15, 0.2) is 36.4 Å². The van der Waals surface area contributed by atoms with Crippen LogP contribution in [0.25, 0.3) is 0 Å². The van der Waals surface area contributed by atoms with E-state index in [1.165, 1.54) is 12.1 Å². The zero-order valence-electron chi connectivity index (χ0n) is 10.4. The second-order valence-corrected chi connectivity index (χ2v) is 4.46. The highest BCUT2D eigenvalue weighted by Gasteiger charge is 2.12. The van der Waals surface area contributed by atoms with E-state index >= 15 is 0 Å². The maximum absolute atomic E-state index is 12.0. The number of nitrogens with two attached hydrogens (primary N) is 1. The SMILES string of the molecule is N#CCc1ccc(NC(=O)c2nc(N)ccc2Cl)cc1. The van der Waals surface area contributed by atoms with Crippen molar-refractivity contribution in [2.45, 2.75) is 6.42 Å². The average molecular weight is 287 g/mol. The van der Waals surface area contributed by atoms with E-state index in [0.717, 1.165) is 5.56 Å². The fourth-order valence-electron chi connectivity index (χ4n) is 1.60. The molecule has 0 aliphatic carbocycles. The number of rotatable bonds is 3. The molecule has 0 saturated carbocycles. The van der Waals surface area contributed by atoms with Gasteiger partial charge in [0.05, 0.1) is 17.5 Å². The molecule has 1 aromatic heterocycles.